The Morgan fingerprint density at radius 1 is 1.07 bits per heavy atom. The SMILES string of the molecule is CC(C)(C)OC(=O)Nc1cc2c(cc1Cl)N(C(=O)OC(C)(C)C)CC(C(=O)N1CCC(C#N)(Cc3ccc(F)cc3)CC1)O2. The molecule has 0 bridgehead atoms. The Hall–Kier alpha value is -4.04. The van der Waals surface area contributed by atoms with Crippen LogP contribution in [0.1, 0.15) is 59.9 Å². The highest BCUT2D eigenvalue weighted by atomic mass is 35.5. The van der Waals surface area contributed by atoms with Crippen molar-refractivity contribution in [3.63, 3.8) is 0 Å². The maximum absolute atomic E-state index is 13.8. The smallest absolute Gasteiger partial charge is 0.415 e. The number of hydrogen-bond donors (Lipinski definition) is 1. The van der Waals surface area contributed by atoms with E-state index < -0.39 is 34.9 Å². The average Bonchev–Trinajstić information content (AvgIpc) is 2.92. The Morgan fingerprint density at radius 3 is 2.25 bits per heavy atom. The van der Waals surface area contributed by atoms with Crippen molar-refractivity contribution in [2.75, 3.05) is 29.9 Å². The molecule has 1 atom stereocenters. The summed E-state index contributed by atoms with van der Waals surface area (Å²) in [5, 5.41) is 12.8. The van der Waals surface area contributed by atoms with Crippen molar-refractivity contribution in [3.8, 4) is 11.8 Å². The number of nitrogens with zero attached hydrogens (tertiary/aromatic N) is 3. The Labute approximate surface area is 262 Å². The van der Waals surface area contributed by atoms with Crippen LogP contribution in [0.15, 0.2) is 36.4 Å². The molecule has 2 heterocycles. The number of hydrogen-bond acceptors (Lipinski definition) is 7. The van der Waals surface area contributed by atoms with E-state index in [0.29, 0.717) is 32.4 Å². The second-order valence-corrected chi connectivity index (χ2v) is 13.6. The van der Waals surface area contributed by atoms with Gasteiger partial charge in [0.15, 0.2) is 6.10 Å². The molecule has 2 aromatic rings. The first-order valence-corrected chi connectivity index (χ1v) is 14.8. The van der Waals surface area contributed by atoms with Crippen LogP contribution >= 0.6 is 11.6 Å². The fourth-order valence-electron chi connectivity index (χ4n) is 5.11. The molecule has 12 heteroatoms. The Bertz CT molecular complexity index is 1450. The van der Waals surface area contributed by atoms with Gasteiger partial charge in [-0.25, -0.2) is 14.0 Å². The minimum Gasteiger partial charge on any atom is -0.476 e. The van der Waals surface area contributed by atoms with Gasteiger partial charge >= 0.3 is 12.2 Å². The summed E-state index contributed by atoms with van der Waals surface area (Å²) in [5.74, 6) is -0.547. The summed E-state index contributed by atoms with van der Waals surface area (Å²) in [6, 6.07) is 11.4. The normalized spacial score (nSPS) is 17.9. The van der Waals surface area contributed by atoms with Crippen molar-refractivity contribution in [2.24, 2.45) is 5.41 Å². The first-order chi connectivity index (χ1) is 20.5. The number of carbonyl (C=O) groups is 3. The number of anilines is 2. The molecule has 1 unspecified atom stereocenters. The number of likely N-dealkylation sites (tertiary alicyclic amines) is 1. The fourth-order valence-corrected chi connectivity index (χ4v) is 5.32. The number of nitrogens with one attached hydrogen (secondary N) is 1. The molecule has 4 rings (SSSR count). The van der Waals surface area contributed by atoms with E-state index in [1.54, 1.807) is 58.6 Å². The van der Waals surface area contributed by atoms with Gasteiger partial charge in [-0.3, -0.25) is 15.0 Å². The van der Waals surface area contributed by atoms with Crippen LogP contribution < -0.4 is 15.0 Å². The molecule has 0 aliphatic carbocycles. The van der Waals surface area contributed by atoms with E-state index in [2.05, 4.69) is 11.4 Å². The van der Waals surface area contributed by atoms with E-state index in [1.807, 2.05) is 0 Å². The van der Waals surface area contributed by atoms with Gasteiger partial charge in [-0.2, -0.15) is 5.26 Å². The summed E-state index contributed by atoms with van der Waals surface area (Å²) in [7, 11) is 0. The molecule has 1 saturated heterocycles. The predicted molar refractivity (Wildman–Crippen MR) is 163 cm³/mol. The molecule has 0 radical (unpaired) electrons. The quantitative estimate of drug-likeness (QED) is 0.400. The minimum absolute atomic E-state index is 0.126. The van der Waals surface area contributed by atoms with Crippen molar-refractivity contribution in [2.45, 2.75) is 78.1 Å². The van der Waals surface area contributed by atoms with Crippen LogP contribution in [0, 0.1) is 22.6 Å². The second kappa shape index (κ2) is 12.5. The topological polar surface area (TPSA) is 121 Å². The lowest BCUT2D eigenvalue weighted by Crippen LogP contribution is -2.54. The molecular weight excluding hydrogens is 591 g/mol. The van der Waals surface area contributed by atoms with Crippen molar-refractivity contribution in [3.05, 3.63) is 52.8 Å². The van der Waals surface area contributed by atoms with Crippen LogP contribution in [0.4, 0.5) is 25.4 Å². The van der Waals surface area contributed by atoms with E-state index >= 15 is 0 Å². The third kappa shape index (κ3) is 8.11. The average molecular weight is 629 g/mol. The lowest BCUT2D eigenvalue weighted by Gasteiger charge is -2.41. The van der Waals surface area contributed by atoms with Crippen molar-refractivity contribution < 1.29 is 33.0 Å². The van der Waals surface area contributed by atoms with Gasteiger partial charge < -0.3 is 19.1 Å². The monoisotopic (exact) mass is 628 g/mol. The lowest BCUT2D eigenvalue weighted by molar-refractivity contribution is -0.140. The zero-order chi connectivity index (χ0) is 32.4. The number of halogens is 2. The highest BCUT2D eigenvalue weighted by molar-refractivity contribution is 6.34. The van der Waals surface area contributed by atoms with Gasteiger partial charge in [-0.1, -0.05) is 23.7 Å². The Morgan fingerprint density at radius 2 is 1.68 bits per heavy atom. The molecule has 3 amide bonds. The van der Waals surface area contributed by atoms with E-state index in [1.165, 1.54) is 29.2 Å². The van der Waals surface area contributed by atoms with Crippen LogP contribution in [0.2, 0.25) is 5.02 Å². The summed E-state index contributed by atoms with van der Waals surface area (Å²) >= 11 is 6.48. The molecule has 236 valence electrons. The molecule has 2 aromatic carbocycles. The number of nitriles is 1. The second-order valence-electron chi connectivity index (χ2n) is 13.1. The molecule has 10 nitrogen and oxygen atoms in total. The van der Waals surface area contributed by atoms with E-state index in [9.17, 15) is 24.0 Å². The van der Waals surface area contributed by atoms with Crippen LogP contribution in [0.25, 0.3) is 0 Å². The Balaban J connectivity index is 1.55. The van der Waals surface area contributed by atoms with E-state index in [0.717, 1.165) is 5.56 Å². The van der Waals surface area contributed by atoms with E-state index in [4.69, 9.17) is 25.8 Å². The highest BCUT2D eigenvalue weighted by Crippen LogP contribution is 2.42. The van der Waals surface area contributed by atoms with Crippen LogP contribution in [-0.4, -0.2) is 59.9 Å². The fraction of sp³-hybridized carbons (Fsp3) is 0.500. The molecule has 1 fully saturated rings. The summed E-state index contributed by atoms with van der Waals surface area (Å²) in [4.78, 5) is 42.5. The van der Waals surface area contributed by atoms with Gasteiger partial charge in [-0.15, -0.1) is 0 Å². The third-order valence-electron chi connectivity index (χ3n) is 7.21. The number of ether oxygens (including phenoxy) is 3. The van der Waals surface area contributed by atoms with Gasteiger partial charge in [0.25, 0.3) is 5.91 Å². The van der Waals surface area contributed by atoms with Gasteiger partial charge in [0.05, 0.1) is 34.4 Å². The van der Waals surface area contributed by atoms with Gasteiger partial charge in [-0.05, 0) is 84.6 Å². The zero-order valence-electron chi connectivity index (χ0n) is 25.8. The molecule has 44 heavy (non-hydrogen) atoms. The standard InChI is InChI=1S/C32H38ClFN4O6/c1-30(2,3)43-28(40)36-23-16-25-24(15-22(23)33)38(29(41)44-31(4,5)6)18-26(42-25)27(39)37-13-11-32(19-35,12-14-37)17-20-7-9-21(34)10-8-20/h7-10,15-16,26H,11-14,17-18H2,1-6H3,(H,36,40). The largest absolute Gasteiger partial charge is 0.476 e. The van der Waals surface area contributed by atoms with Gasteiger partial charge in [0.2, 0.25) is 0 Å². The lowest BCUT2D eigenvalue weighted by atomic mass is 9.75. The first kappa shape index (κ1) is 32.9. The minimum atomic E-state index is -1.09. The van der Waals surface area contributed by atoms with Crippen molar-refractivity contribution in [1.29, 1.82) is 5.26 Å². The molecule has 1 N–H and O–H groups in total. The molecule has 0 saturated carbocycles. The molecule has 0 spiro atoms. The maximum Gasteiger partial charge on any atom is 0.415 e. The third-order valence-corrected chi connectivity index (χ3v) is 7.52. The summed E-state index contributed by atoms with van der Waals surface area (Å²) in [6.07, 6.45) is -1.22. The predicted octanol–water partition coefficient (Wildman–Crippen LogP) is 6.70. The first-order valence-electron chi connectivity index (χ1n) is 14.4. The number of fused-ring (bicyclic) bond motifs is 1. The summed E-state index contributed by atoms with van der Waals surface area (Å²) in [6.45, 7) is 10.9. The number of amides is 3. The van der Waals surface area contributed by atoms with Crippen LogP contribution in [0.5, 0.6) is 5.75 Å². The molecule has 0 aromatic heterocycles. The van der Waals surface area contributed by atoms with Crippen molar-refractivity contribution >= 4 is 41.1 Å². The molecule has 2 aliphatic heterocycles. The van der Waals surface area contributed by atoms with Crippen LogP contribution in [-0.2, 0) is 20.7 Å². The maximum atomic E-state index is 13.8. The Kier molecular flexibility index (Phi) is 9.35. The molecular formula is C32H38ClFN4O6. The zero-order valence-corrected chi connectivity index (χ0v) is 26.6. The molecule has 2 aliphatic rings. The van der Waals surface area contributed by atoms with Crippen molar-refractivity contribution in [1.82, 2.24) is 4.90 Å². The number of benzene rings is 2. The summed E-state index contributed by atoms with van der Waals surface area (Å²) < 4.78 is 30.5. The number of carbonyl (C=O) groups excluding carboxylic acids is 3. The van der Waals surface area contributed by atoms with E-state index in [-0.39, 0.29) is 40.4 Å². The number of rotatable bonds is 4. The summed E-state index contributed by atoms with van der Waals surface area (Å²) in [5.41, 5.74) is -0.949. The van der Waals surface area contributed by atoms with Crippen LogP contribution in [0.3, 0.4) is 0 Å². The number of piperidine rings is 1. The van der Waals surface area contributed by atoms with Gasteiger partial charge in [0, 0.05) is 19.2 Å². The highest BCUT2D eigenvalue weighted by Gasteiger charge is 2.42. The van der Waals surface area contributed by atoms with Gasteiger partial charge in [0.1, 0.15) is 22.8 Å².